The van der Waals surface area contributed by atoms with Crippen molar-refractivity contribution in [3.05, 3.63) is 18.2 Å². The third kappa shape index (κ3) is 5.27. The number of carboxylic acid groups (broad SMARTS) is 1. The molecule has 112 valence electrons. The number of methoxy groups -OCH3 is 1. The van der Waals surface area contributed by atoms with Gasteiger partial charge in [0, 0.05) is 26.1 Å². The highest BCUT2D eigenvalue weighted by Crippen LogP contribution is 2.05. The van der Waals surface area contributed by atoms with Crippen molar-refractivity contribution in [1.82, 2.24) is 20.6 Å². The quantitative estimate of drug-likeness (QED) is 0.523. The molecule has 0 aliphatic rings. The molecule has 1 aromatic heterocycles. The van der Waals surface area contributed by atoms with Crippen molar-refractivity contribution in [1.29, 1.82) is 0 Å². The summed E-state index contributed by atoms with van der Waals surface area (Å²) in [6, 6.07) is -1.81. The monoisotopic (exact) mass is 284 g/mol. The van der Waals surface area contributed by atoms with Crippen LogP contribution in [0.2, 0.25) is 0 Å². The fourth-order valence-electron chi connectivity index (χ4n) is 1.67. The Labute approximate surface area is 116 Å². The molecule has 2 atom stereocenters. The average molecular weight is 284 g/mol. The molecule has 0 spiro atoms. The Bertz CT molecular complexity index is 421. The van der Waals surface area contributed by atoms with E-state index in [4.69, 9.17) is 9.84 Å². The largest absolute Gasteiger partial charge is 0.480 e. The van der Waals surface area contributed by atoms with Gasteiger partial charge in [-0.05, 0) is 19.8 Å². The zero-order chi connectivity index (χ0) is 15.0. The van der Waals surface area contributed by atoms with Gasteiger partial charge in [-0.2, -0.15) is 0 Å². The van der Waals surface area contributed by atoms with Crippen molar-refractivity contribution in [2.24, 2.45) is 0 Å². The summed E-state index contributed by atoms with van der Waals surface area (Å²) in [6.07, 6.45) is 4.10. The van der Waals surface area contributed by atoms with Crippen LogP contribution in [0.5, 0.6) is 0 Å². The minimum Gasteiger partial charge on any atom is -0.480 e. The van der Waals surface area contributed by atoms with E-state index in [1.54, 1.807) is 26.4 Å². The van der Waals surface area contributed by atoms with Gasteiger partial charge in [0.05, 0.1) is 6.04 Å². The van der Waals surface area contributed by atoms with Crippen molar-refractivity contribution in [2.75, 3.05) is 13.7 Å². The van der Waals surface area contributed by atoms with Gasteiger partial charge in [0.25, 0.3) is 0 Å². The Morgan fingerprint density at radius 3 is 2.80 bits per heavy atom. The van der Waals surface area contributed by atoms with Crippen molar-refractivity contribution < 1.29 is 19.4 Å². The Morgan fingerprint density at radius 2 is 2.25 bits per heavy atom. The third-order valence-corrected chi connectivity index (χ3v) is 2.72. The van der Waals surface area contributed by atoms with E-state index in [1.165, 1.54) is 0 Å². The SMILES string of the molecule is COCCCC(NC(=O)NC(C)c1ncc[nH]1)C(=O)O. The first kappa shape index (κ1) is 16.0. The van der Waals surface area contributed by atoms with E-state index in [0.717, 1.165) is 0 Å². The predicted molar refractivity (Wildman–Crippen MR) is 71.2 cm³/mol. The molecule has 0 saturated carbocycles. The number of amides is 2. The number of rotatable bonds is 8. The lowest BCUT2D eigenvalue weighted by molar-refractivity contribution is -0.139. The molecule has 0 aliphatic carbocycles. The van der Waals surface area contributed by atoms with Crippen LogP contribution in [-0.4, -0.2) is 46.8 Å². The fourth-order valence-corrected chi connectivity index (χ4v) is 1.67. The molecule has 1 aromatic rings. The van der Waals surface area contributed by atoms with Crippen LogP contribution in [0.4, 0.5) is 4.79 Å². The molecular weight excluding hydrogens is 264 g/mol. The number of H-pyrrole nitrogens is 1. The number of urea groups is 1. The summed E-state index contributed by atoms with van der Waals surface area (Å²) in [5.74, 6) is -0.465. The highest BCUT2D eigenvalue weighted by atomic mass is 16.5. The van der Waals surface area contributed by atoms with E-state index in [-0.39, 0.29) is 6.04 Å². The molecule has 0 bridgehead atoms. The zero-order valence-electron chi connectivity index (χ0n) is 11.5. The first-order valence-corrected chi connectivity index (χ1v) is 6.32. The van der Waals surface area contributed by atoms with Crippen LogP contribution in [0, 0.1) is 0 Å². The van der Waals surface area contributed by atoms with Gasteiger partial charge in [-0.25, -0.2) is 14.6 Å². The maximum Gasteiger partial charge on any atom is 0.326 e. The Morgan fingerprint density at radius 1 is 1.50 bits per heavy atom. The number of nitrogens with one attached hydrogen (secondary N) is 3. The van der Waals surface area contributed by atoms with Crippen LogP contribution in [-0.2, 0) is 9.53 Å². The molecule has 0 saturated heterocycles. The van der Waals surface area contributed by atoms with Crippen molar-refractivity contribution in [2.45, 2.75) is 31.8 Å². The molecule has 2 amide bonds. The summed E-state index contributed by atoms with van der Waals surface area (Å²) in [4.78, 5) is 29.7. The summed E-state index contributed by atoms with van der Waals surface area (Å²) in [5.41, 5.74) is 0. The first-order valence-electron chi connectivity index (χ1n) is 6.32. The highest BCUT2D eigenvalue weighted by molar-refractivity contribution is 5.82. The van der Waals surface area contributed by atoms with Crippen LogP contribution >= 0.6 is 0 Å². The lowest BCUT2D eigenvalue weighted by Crippen LogP contribution is -2.46. The lowest BCUT2D eigenvalue weighted by atomic mass is 10.1. The predicted octanol–water partition coefficient (Wildman–Crippen LogP) is 0.650. The molecule has 0 fully saturated rings. The molecule has 0 aromatic carbocycles. The lowest BCUT2D eigenvalue weighted by Gasteiger charge is -2.17. The van der Waals surface area contributed by atoms with Crippen LogP contribution in [0.3, 0.4) is 0 Å². The molecule has 0 aliphatic heterocycles. The number of aromatic nitrogens is 2. The van der Waals surface area contributed by atoms with Gasteiger partial charge in [-0.1, -0.05) is 0 Å². The zero-order valence-corrected chi connectivity index (χ0v) is 11.5. The average Bonchev–Trinajstić information content (AvgIpc) is 2.91. The molecule has 1 rings (SSSR count). The number of hydrogen-bond donors (Lipinski definition) is 4. The maximum absolute atomic E-state index is 11.7. The minimum atomic E-state index is -1.07. The topological polar surface area (TPSA) is 116 Å². The minimum absolute atomic E-state index is 0.311. The van der Waals surface area contributed by atoms with Gasteiger partial charge in [-0.3, -0.25) is 0 Å². The van der Waals surface area contributed by atoms with Gasteiger partial charge < -0.3 is 25.5 Å². The van der Waals surface area contributed by atoms with Crippen LogP contribution in [0.1, 0.15) is 31.6 Å². The van der Waals surface area contributed by atoms with Crippen molar-refractivity contribution in [3.63, 3.8) is 0 Å². The standard InChI is InChI=1S/C12H20N4O4/c1-8(10-13-5-6-14-10)15-12(19)16-9(11(17)18)4-3-7-20-2/h5-6,8-9H,3-4,7H2,1-2H3,(H,13,14)(H,17,18)(H2,15,16,19). The number of carbonyl (C=O) groups excluding carboxylic acids is 1. The third-order valence-electron chi connectivity index (χ3n) is 2.72. The van der Waals surface area contributed by atoms with Crippen LogP contribution in [0.15, 0.2) is 12.4 Å². The number of aliphatic carboxylic acids is 1. The maximum atomic E-state index is 11.7. The molecule has 2 unspecified atom stereocenters. The van der Waals surface area contributed by atoms with Gasteiger partial charge >= 0.3 is 12.0 Å². The molecule has 4 N–H and O–H groups in total. The number of aromatic amines is 1. The molecule has 8 nitrogen and oxygen atoms in total. The number of carboxylic acids is 1. The summed E-state index contributed by atoms with van der Waals surface area (Å²) < 4.78 is 4.86. The van der Waals surface area contributed by atoms with Crippen LogP contribution < -0.4 is 10.6 Å². The van der Waals surface area contributed by atoms with Gasteiger partial charge in [0.15, 0.2) is 0 Å². The van der Waals surface area contributed by atoms with Gasteiger partial charge in [0.2, 0.25) is 0 Å². The first-order chi connectivity index (χ1) is 9.54. The fraction of sp³-hybridized carbons (Fsp3) is 0.583. The molecular formula is C12H20N4O4. The summed E-state index contributed by atoms with van der Waals surface area (Å²) in [5, 5.41) is 14.1. The smallest absolute Gasteiger partial charge is 0.326 e. The Kier molecular flexibility index (Phi) is 6.51. The Balaban J connectivity index is 2.43. The number of nitrogens with zero attached hydrogens (tertiary/aromatic N) is 1. The Hall–Kier alpha value is -2.09. The van der Waals surface area contributed by atoms with E-state index in [0.29, 0.717) is 25.3 Å². The highest BCUT2D eigenvalue weighted by Gasteiger charge is 2.20. The summed E-state index contributed by atoms with van der Waals surface area (Å²) >= 11 is 0. The van der Waals surface area contributed by atoms with E-state index >= 15 is 0 Å². The number of imidazole rings is 1. The summed E-state index contributed by atoms with van der Waals surface area (Å²) in [6.45, 7) is 2.20. The second-order valence-electron chi connectivity index (χ2n) is 4.34. The molecule has 0 radical (unpaired) electrons. The van der Waals surface area contributed by atoms with Crippen LogP contribution in [0.25, 0.3) is 0 Å². The second-order valence-corrected chi connectivity index (χ2v) is 4.34. The second kappa shape index (κ2) is 8.16. The van der Waals surface area contributed by atoms with E-state index in [1.807, 2.05) is 0 Å². The van der Waals surface area contributed by atoms with E-state index in [2.05, 4.69) is 20.6 Å². The number of ether oxygens (including phenoxy) is 1. The van der Waals surface area contributed by atoms with Gasteiger partial charge in [0.1, 0.15) is 11.9 Å². The van der Waals surface area contributed by atoms with Gasteiger partial charge in [-0.15, -0.1) is 0 Å². The number of hydrogen-bond acceptors (Lipinski definition) is 4. The number of carbonyl (C=O) groups is 2. The molecule has 8 heteroatoms. The van der Waals surface area contributed by atoms with E-state index in [9.17, 15) is 9.59 Å². The van der Waals surface area contributed by atoms with Crippen molar-refractivity contribution >= 4 is 12.0 Å². The molecule has 1 heterocycles. The summed E-state index contributed by atoms with van der Waals surface area (Å²) in [7, 11) is 1.54. The normalized spacial score (nSPS) is 13.5. The molecule has 20 heavy (non-hydrogen) atoms. The van der Waals surface area contributed by atoms with E-state index < -0.39 is 18.0 Å². The van der Waals surface area contributed by atoms with Crippen molar-refractivity contribution in [3.8, 4) is 0 Å².